The minimum absolute atomic E-state index is 0.0456. The van der Waals surface area contributed by atoms with Crippen molar-refractivity contribution in [1.29, 1.82) is 0 Å². The number of hydrogen-bond donors (Lipinski definition) is 0. The summed E-state index contributed by atoms with van der Waals surface area (Å²) in [7, 11) is 0. The second-order valence-electron chi connectivity index (χ2n) is 29.7. The molecule has 0 aliphatic carbocycles. The lowest BCUT2D eigenvalue weighted by Crippen LogP contribution is -2.52. The molecule has 0 aromatic carbocycles. The van der Waals surface area contributed by atoms with Crippen LogP contribution in [-0.2, 0) is 105 Å². The summed E-state index contributed by atoms with van der Waals surface area (Å²) < 4.78 is 68.0. The van der Waals surface area contributed by atoms with Crippen molar-refractivity contribution in [3.8, 4) is 0 Å². The Balaban J connectivity index is 3.27. The lowest BCUT2D eigenvalue weighted by atomic mass is 10.2. The standard InChI is InChI=1S/C86H157N5O22/c1-8-15-20-25-40-77(92)104-61-30-35-66-109-82(97)45-50-88(51-46-83(98)110-67-36-31-62-105-78(93)41-26-21-16-9-2)71-75(102-13-6)73-90(54-49-86(101)113-70-39-34-65-108-81(96)44-29-24-19-12-5)58-55-87-56-59-91(60-57-87)74-76(103-14-7)72-89(52-47-84(99)111-68-37-32-63-106-79(94)42-27-22-17-10-3)53-48-85(100)112-69-38-33-64-107-80(95)43-28-23-18-11-4/h75-76H,8-74H2,1-7H3. The van der Waals surface area contributed by atoms with E-state index in [-0.39, 0.29) is 165 Å². The number of esters is 10. The number of hydrogen-bond acceptors (Lipinski definition) is 27. The van der Waals surface area contributed by atoms with Gasteiger partial charge in [0, 0.05) is 143 Å². The van der Waals surface area contributed by atoms with Crippen LogP contribution in [0.25, 0.3) is 0 Å². The van der Waals surface area contributed by atoms with Crippen LogP contribution in [0.15, 0.2) is 0 Å². The monoisotopic (exact) mass is 1610 g/mol. The summed E-state index contributed by atoms with van der Waals surface area (Å²) in [5, 5.41) is 0. The number of unbranched alkanes of at least 4 members (excludes halogenated alkanes) is 20. The van der Waals surface area contributed by atoms with E-state index in [0.717, 1.165) is 155 Å². The normalized spacial score (nSPS) is 13.0. The zero-order chi connectivity index (χ0) is 82.7. The van der Waals surface area contributed by atoms with Crippen molar-refractivity contribution in [2.45, 2.75) is 318 Å². The second kappa shape index (κ2) is 76.4. The predicted molar refractivity (Wildman–Crippen MR) is 436 cm³/mol. The van der Waals surface area contributed by atoms with Crippen molar-refractivity contribution < 1.29 is 105 Å². The number of piperazine rings is 1. The molecular weight excluding hydrogens is 1450 g/mol. The van der Waals surface area contributed by atoms with E-state index in [4.69, 9.17) is 56.8 Å². The van der Waals surface area contributed by atoms with Crippen LogP contribution in [0.1, 0.15) is 305 Å². The summed E-state index contributed by atoms with van der Waals surface area (Å²) in [6, 6.07) is 0. The number of ether oxygens (including phenoxy) is 12. The summed E-state index contributed by atoms with van der Waals surface area (Å²) in [6.07, 6.45) is 27.2. The number of carbonyl (C=O) groups excluding carboxylic acids is 10. The van der Waals surface area contributed by atoms with E-state index >= 15 is 0 Å². The highest BCUT2D eigenvalue weighted by atomic mass is 16.6. The van der Waals surface area contributed by atoms with Gasteiger partial charge in [-0.3, -0.25) is 72.4 Å². The van der Waals surface area contributed by atoms with Gasteiger partial charge in [-0.1, -0.05) is 131 Å². The van der Waals surface area contributed by atoms with Gasteiger partial charge in [0.15, 0.2) is 0 Å². The summed E-state index contributed by atoms with van der Waals surface area (Å²) in [4.78, 5) is 138. The van der Waals surface area contributed by atoms with E-state index in [1.807, 2.05) is 18.7 Å². The second-order valence-corrected chi connectivity index (χ2v) is 29.7. The molecule has 0 amide bonds. The van der Waals surface area contributed by atoms with E-state index in [2.05, 4.69) is 54.2 Å². The molecule has 658 valence electrons. The molecule has 0 spiro atoms. The molecule has 1 fully saturated rings. The zero-order valence-corrected chi connectivity index (χ0v) is 71.7. The van der Waals surface area contributed by atoms with Gasteiger partial charge in [0.25, 0.3) is 0 Å². The average molecular weight is 1610 g/mol. The van der Waals surface area contributed by atoms with Gasteiger partial charge in [0.05, 0.1) is 110 Å². The van der Waals surface area contributed by atoms with Crippen LogP contribution in [0.3, 0.4) is 0 Å². The Kier molecular flexibility index (Phi) is 71.3. The minimum atomic E-state index is -0.415. The zero-order valence-electron chi connectivity index (χ0n) is 71.7. The molecule has 2 atom stereocenters. The third-order valence-corrected chi connectivity index (χ3v) is 19.5. The molecule has 27 nitrogen and oxygen atoms in total. The molecule has 2 unspecified atom stereocenters. The average Bonchev–Trinajstić information content (AvgIpc) is 0.878. The van der Waals surface area contributed by atoms with E-state index in [9.17, 15) is 47.9 Å². The van der Waals surface area contributed by atoms with Crippen molar-refractivity contribution in [2.24, 2.45) is 0 Å². The van der Waals surface area contributed by atoms with Crippen LogP contribution in [0.5, 0.6) is 0 Å². The van der Waals surface area contributed by atoms with Gasteiger partial charge in [-0.25, -0.2) is 0 Å². The van der Waals surface area contributed by atoms with E-state index in [1.165, 1.54) is 0 Å². The molecular formula is C86H157N5O22. The van der Waals surface area contributed by atoms with Crippen LogP contribution >= 0.6 is 0 Å². The van der Waals surface area contributed by atoms with Gasteiger partial charge in [0.2, 0.25) is 0 Å². The smallest absolute Gasteiger partial charge is 0.307 e. The van der Waals surface area contributed by atoms with Gasteiger partial charge >= 0.3 is 59.7 Å². The fraction of sp³-hybridized carbons (Fsp3) is 0.884. The predicted octanol–water partition coefficient (Wildman–Crippen LogP) is 13.5. The quantitative estimate of drug-likeness (QED) is 0.0310. The third kappa shape index (κ3) is 67.2. The summed E-state index contributed by atoms with van der Waals surface area (Å²) in [5.41, 5.74) is 0. The maximum Gasteiger partial charge on any atom is 0.307 e. The molecule has 0 aromatic rings. The molecule has 1 rings (SSSR count). The van der Waals surface area contributed by atoms with Crippen LogP contribution in [-0.4, -0.2) is 274 Å². The van der Waals surface area contributed by atoms with Crippen molar-refractivity contribution >= 4 is 59.7 Å². The highest BCUT2D eigenvalue weighted by Crippen LogP contribution is 2.15. The first-order valence-electron chi connectivity index (χ1n) is 44.4. The molecule has 1 heterocycles. The summed E-state index contributed by atoms with van der Waals surface area (Å²) >= 11 is 0. The molecule has 0 saturated carbocycles. The fourth-order valence-electron chi connectivity index (χ4n) is 12.6. The summed E-state index contributed by atoms with van der Waals surface area (Å²) in [5.74, 6) is -2.94. The van der Waals surface area contributed by atoms with E-state index < -0.39 is 18.0 Å². The minimum Gasteiger partial charge on any atom is -0.466 e. The maximum absolute atomic E-state index is 13.5. The number of rotatable bonds is 80. The third-order valence-electron chi connectivity index (χ3n) is 19.5. The number of nitrogens with zero attached hydrogens (tertiary/aromatic N) is 5. The molecule has 0 bridgehead atoms. The topological polar surface area (TPSA) is 298 Å². The first-order chi connectivity index (χ1) is 55.0. The Bertz CT molecular complexity index is 2300. The van der Waals surface area contributed by atoms with Crippen molar-refractivity contribution in [3.05, 3.63) is 0 Å². The fourth-order valence-corrected chi connectivity index (χ4v) is 12.6. The first-order valence-corrected chi connectivity index (χ1v) is 44.4. The lowest BCUT2D eigenvalue weighted by Gasteiger charge is -2.38. The molecule has 27 heteroatoms. The van der Waals surface area contributed by atoms with Gasteiger partial charge in [-0.15, -0.1) is 0 Å². The molecule has 1 saturated heterocycles. The Hall–Kier alpha value is -5.58. The van der Waals surface area contributed by atoms with Crippen molar-refractivity contribution in [2.75, 3.05) is 177 Å². The van der Waals surface area contributed by atoms with Crippen LogP contribution in [0, 0.1) is 0 Å². The van der Waals surface area contributed by atoms with E-state index in [1.54, 1.807) is 0 Å². The highest BCUT2D eigenvalue weighted by Gasteiger charge is 2.27. The maximum atomic E-state index is 13.5. The van der Waals surface area contributed by atoms with Gasteiger partial charge in [0.1, 0.15) is 0 Å². The Morgan fingerprint density at radius 2 is 0.442 bits per heavy atom. The molecule has 1 aliphatic rings. The SMILES string of the molecule is CCCCCCC(=O)OCCCCOC(=O)CCN(CCC(=O)OCCCCOC(=O)CCCCCC)CC(CN(CCC(=O)OCCCCOC(=O)CCCCCC)CCN1CCN(CC(CN(CCC(=O)OCCCCOC(=O)CCCCCC)CCC(=O)OCCCCOC(=O)CCCCCC)OCC)CC1)OCC. The van der Waals surface area contributed by atoms with Gasteiger partial charge in [-0.2, -0.15) is 0 Å². The highest BCUT2D eigenvalue weighted by molar-refractivity contribution is 5.72. The Labute approximate surface area is 681 Å². The molecule has 0 aromatic heterocycles. The van der Waals surface area contributed by atoms with Gasteiger partial charge < -0.3 is 56.8 Å². The molecule has 0 radical (unpaired) electrons. The Morgan fingerprint density at radius 3 is 0.673 bits per heavy atom. The number of carbonyl (C=O) groups is 10. The van der Waals surface area contributed by atoms with Crippen molar-refractivity contribution in [1.82, 2.24) is 24.5 Å². The largest absolute Gasteiger partial charge is 0.466 e. The van der Waals surface area contributed by atoms with E-state index in [0.29, 0.717) is 168 Å². The Morgan fingerprint density at radius 1 is 0.239 bits per heavy atom. The molecule has 1 aliphatic heterocycles. The van der Waals surface area contributed by atoms with Crippen LogP contribution < -0.4 is 0 Å². The van der Waals surface area contributed by atoms with Gasteiger partial charge in [-0.05, 0) is 110 Å². The van der Waals surface area contributed by atoms with Crippen molar-refractivity contribution in [3.63, 3.8) is 0 Å². The lowest BCUT2D eigenvalue weighted by molar-refractivity contribution is -0.147. The summed E-state index contributed by atoms with van der Waals surface area (Å²) in [6.45, 7) is 25.2. The van der Waals surface area contributed by atoms with Crippen LogP contribution in [0.2, 0.25) is 0 Å². The van der Waals surface area contributed by atoms with Crippen LogP contribution in [0.4, 0.5) is 0 Å². The first kappa shape index (κ1) is 105. The molecule has 113 heavy (non-hydrogen) atoms. The molecule has 0 N–H and O–H groups in total.